The standard InChI is InChI=1S/C15H18ClN3S/c1-10(2)15-18-13(17-3)8-14(19-15)20-9-11-6-4-5-7-12(11)16/h4-8,10H,9H2,1-3H3,(H,17,18,19). The van der Waals surface area contributed by atoms with Gasteiger partial charge in [0.25, 0.3) is 0 Å². The summed E-state index contributed by atoms with van der Waals surface area (Å²) in [5.74, 6) is 2.82. The van der Waals surface area contributed by atoms with Crippen molar-refractivity contribution in [1.82, 2.24) is 9.97 Å². The summed E-state index contributed by atoms with van der Waals surface area (Å²) in [5.41, 5.74) is 1.12. The zero-order valence-electron chi connectivity index (χ0n) is 11.9. The molecule has 1 N–H and O–H groups in total. The Labute approximate surface area is 129 Å². The Morgan fingerprint density at radius 1 is 1.25 bits per heavy atom. The highest BCUT2D eigenvalue weighted by Gasteiger charge is 2.08. The highest BCUT2D eigenvalue weighted by atomic mass is 35.5. The number of nitrogens with one attached hydrogen (secondary N) is 1. The molecule has 0 aliphatic heterocycles. The number of benzene rings is 1. The van der Waals surface area contributed by atoms with E-state index in [0.717, 1.165) is 33.0 Å². The van der Waals surface area contributed by atoms with Gasteiger partial charge < -0.3 is 5.32 Å². The van der Waals surface area contributed by atoms with Crippen LogP contribution in [-0.2, 0) is 5.75 Å². The van der Waals surface area contributed by atoms with Crippen LogP contribution in [0.15, 0.2) is 35.4 Å². The van der Waals surface area contributed by atoms with Gasteiger partial charge in [0.2, 0.25) is 0 Å². The lowest BCUT2D eigenvalue weighted by Crippen LogP contribution is -2.02. The van der Waals surface area contributed by atoms with E-state index in [9.17, 15) is 0 Å². The molecule has 1 aromatic heterocycles. The lowest BCUT2D eigenvalue weighted by molar-refractivity contribution is 0.755. The van der Waals surface area contributed by atoms with Gasteiger partial charge in [-0.2, -0.15) is 0 Å². The highest BCUT2D eigenvalue weighted by Crippen LogP contribution is 2.27. The van der Waals surface area contributed by atoms with Gasteiger partial charge in [-0.3, -0.25) is 0 Å². The van der Waals surface area contributed by atoms with Crippen LogP contribution in [0.25, 0.3) is 0 Å². The highest BCUT2D eigenvalue weighted by molar-refractivity contribution is 7.98. The summed E-state index contributed by atoms with van der Waals surface area (Å²) < 4.78 is 0. The van der Waals surface area contributed by atoms with Crippen LogP contribution in [0.5, 0.6) is 0 Å². The monoisotopic (exact) mass is 307 g/mol. The third-order valence-corrected chi connectivity index (χ3v) is 4.15. The summed E-state index contributed by atoms with van der Waals surface area (Å²) in [4.78, 5) is 9.06. The van der Waals surface area contributed by atoms with E-state index in [-0.39, 0.29) is 0 Å². The smallest absolute Gasteiger partial charge is 0.134 e. The Morgan fingerprint density at radius 3 is 2.65 bits per heavy atom. The summed E-state index contributed by atoms with van der Waals surface area (Å²) in [6.45, 7) is 4.19. The predicted molar refractivity (Wildman–Crippen MR) is 86.7 cm³/mol. The van der Waals surface area contributed by atoms with E-state index in [1.807, 2.05) is 37.4 Å². The molecule has 0 spiro atoms. The first-order valence-corrected chi connectivity index (χ1v) is 7.89. The molecule has 2 aromatic rings. The van der Waals surface area contributed by atoms with E-state index in [1.54, 1.807) is 11.8 Å². The van der Waals surface area contributed by atoms with Gasteiger partial charge in [0, 0.05) is 29.8 Å². The van der Waals surface area contributed by atoms with E-state index in [0.29, 0.717) is 5.92 Å². The molecule has 3 nitrogen and oxygen atoms in total. The summed E-state index contributed by atoms with van der Waals surface area (Å²) in [6, 6.07) is 9.86. The van der Waals surface area contributed by atoms with Gasteiger partial charge in [-0.05, 0) is 11.6 Å². The molecular formula is C15H18ClN3S. The van der Waals surface area contributed by atoms with Gasteiger partial charge in [0.15, 0.2) is 0 Å². The Bertz CT molecular complexity index is 587. The second kappa shape index (κ2) is 6.95. The minimum Gasteiger partial charge on any atom is -0.373 e. The number of anilines is 1. The van der Waals surface area contributed by atoms with Crippen molar-refractivity contribution < 1.29 is 0 Å². The number of hydrogen-bond acceptors (Lipinski definition) is 4. The predicted octanol–water partition coefficient (Wildman–Crippen LogP) is 4.59. The summed E-state index contributed by atoms with van der Waals surface area (Å²) in [6.07, 6.45) is 0. The largest absolute Gasteiger partial charge is 0.373 e. The second-order valence-corrected chi connectivity index (χ2v) is 6.14. The zero-order chi connectivity index (χ0) is 14.5. The maximum Gasteiger partial charge on any atom is 0.134 e. The first-order chi connectivity index (χ1) is 9.60. The average Bonchev–Trinajstić information content (AvgIpc) is 2.46. The second-order valence-electron chi connectivity index (χ2n) is 4.73. The lowest BCUT2D eigenvalue weighted by atomic mass is 10.2. The number of thioether (sulfide) groups is 1. The quantitative estimate of drug-likeness (QED) is 0.648. The maximum atomic E-state index is 6.17. The van der Waals surface area contributed by atoms with Crippen molar-refractivity contribution in [1.29, 1.82) is 0 Å². The van der Waals surface area contributed by atoms with Crippen molar-refractivity contribution in [2.24, 2.45) is 0 Å². The van der Waals surface area contributed by atoms with Crippen molar-refractivity contribution in [2.45, 2.75) is 30.5 Å². The molecule has 0 atom stereocenters. The third-order valence-electron chi connectivity index (χ3n) is 2.83. The van der Waals surface area contributed by atoms with Crippen molar-refractivity contribution in [3.05, 3.63) is 46.7 Å². The van der Waals surface area contributed by atoms with Crippen LogP contribution >= 0.6 is 23.4 Å². The van der Waals surface area contributed by atoms with Crippen molar-refractivity contribution >= 4 is 29.2 Å². The topological polar surface area (TPSA) is 37.8 Å². The molecule has 0 aliphatic rings. The van der Waals surface area contributed by atoms with Crippen LogP contribution in [0.3, 0.4) is 0 Å². The molecule has 0 saturated carbocycles. The Kier molecular flexibility index (Phi) is 5.26. The van der Waals surface area contributed by atoms with Gasteiger partial charge >= 0.3 is 0 Å². The normalized spacial score (nSPS) is 10.8. The summed E-state index contributed by atoms with van der Waals surface area (Å²) >= 11 is 7.85. The van der Waals surface area contributed by atoms with Gasteiger partial charge in [-0.1, -0.05) is 43.6 Å². The van der Waals surface area contributed by atoms with Gasteiger partial charge in [-0.15, -0.1) is 11.8 Å². The molecule has 0 aliphatic carbocycles. The van der Waals surface area contributed by atoms with Gasteiger partial charge in [0.05, 0.1) is 0 Å². The van der Waals surface area contributed by atoms with Crippen LogP contribution in [0, 0.1) is 0 Å². The number of halogens is 1. The summed E-state index contributed by atoms with van der Waals surface area (Å²) in [5, 5.41) is 4.85. The van der Waals surface area contributed by atoms with Crippen LogP contribution in [-0.4, -0.2) is 17.0 Å². The fraction of sp³-hybridized carbons (Fsp3) is 0.333. The Balaban J connectivity index is 2.17. The van der Waals surface area contributed by atoms with Crippen LogP contribution in [0.2, 0.25) is 5.02 Å². The molecule has 0 fully saturated rings. The van der Waals surface area contributed by atoms with E-state index in [2.05, 4.69) is 29.1 Å². The van der Waals surface area contributed by atoms with Crippen LogP contribution < -0.4 is 5.32 Å². The molecule has 20 heavy (non-hydrogen) atoms. The molecule has 0 radical (unpaired) electrons. The van der Waals surface area contributed by atoms with Crippen molar-refractivity contribution in [3.63, 3.8) is 0 Å². The van der Waals surface area contributed by atoms with Gasteiger partial charge in [-0.25, -0.2) is 9.97 Å². The summed E-state index contributed by atoms with van der Waals surface area (Å²) in [7, 11) is 1.87. The number of nitrogens with zero attached hydrogens (tertiary/aromatic N) is 2. The fourth-order valence-electron chi connectivity index (χ4n) is 1.67. The first kappa shape index (κ1) is 15.1. The van der Waals surface area contributed by atoms with Gasteiger partial charge in [0.1, 0.15) is 16.7 Å². The van der Waals surface area contributed by atoms with E-state index in [4.69, 9.17) is 11.6 Å². The SMILES string of the molecule is CNc1cc(SCc2ccccc2Cl)nc(C(C)C)n1. The number of aromatic nitrogens is 2. The molecule has 106 valence electrons. The molecular weight excluding hydrogens is 290 g/mol. The first-order valence-electron chi connectivity index (χ1n) is 6.53. The van der Waals surface area contributed by atoms with Crippen molar-refractivity contribution in [3.8, 4) is 0 Å². The van der Waals surface area contributed by atoms with Crippen LogP contribution in [0.4, 0.5) is 5.82 Å². The lowest BCUT2D eigenvalue weighted by Gasteiger charge is -2.10. The minimum absolute atomic E-state index is 0.308. The molecule has 0 bridgehead atoms. The molecule has 2 rings (SSSR count). The van der Waals surface area contributed by atoms with Crippen molar-refractivity contribution in [2.75, 3.05) is 12.4 Å². The average molecular weight is 308 g/mol. The van der Waals surface area contributed by atoms with E-state index < -0.39 is 0 Å². The number of hydrogen-bond donors (Lipinski definition) is 1. The number of rotatable bonds is 5. The van der Waals surface area contributed by atoms with E-state index >= 15 is 0 Å². The Hall–Kier alpha value is -1.26. The molecule has 0 amide bonds. The molecule has 1 aromatic carbocycles. The molecule has 1 heterocycles. The molecule has 0 saturated heterocycles. The van der Waals surface area contributed by atoms with Crippen LogP contribution in [0.1, 0.15) is 31.2 Å². The maximum absolute atomic E-state index is 6.17. The fourth-order valence-corrected chi connectivity index (χ4v) is 2.86. The molecule has 0 unspecified atom stereocenters. The Morgan fingerprint density at radius 2 is 2.00 bits per heavy atom. The minimum atomic E-state index is 0.308. The zero-order valence-corrected chi connectivity index (χ0v) is 13.4. The van der Waals surface area contributed by atoms with E-state index in [1.165, 1.54) is 0 Å². The third kappa shape index (κ3) is 3.87. The molecule has 5 heteroatoms.